The highest BCUT2D eigenvalue weighted by atomic mass is 19.2. The van der Waals surface area contributed by atoms with E-state index >= 15 is 0 Å². The number of hydrogen-bond donors (Lipinski definition) is 2. The number of carbonyl (C=O) groups is 1. The first-order valence-corrected chi connectivity index (χ1v) is 5.69. The van der Waals surface area contributed by atoms with Crippen molar-refractivity contribution in [2.45, 2.75) is 13.3 Å². The van der Waals surface area contributed by atoms with Gasteiger partial charge in [0.2, 0.25) is 0 Å². The van der Waals surface area contributed by atoms with Crippen LogP contribution in [-0.4, -0.2) is 25.5 Å². The molecule has 0 aromatic heterocycles. The Morgan fingerprint density at radius 1 is 1.11 bits per heavy atom. The standard InChI is InChI=1S/C12H15F3N2O/c1-2-3-16-4-5-17-12(18)8-6-9(13)11(15)10(14)7-8/h6-7,16H,2-5H2,1H3,(H,17,18). The molecule has 0 fully saturated rings. The molecule has 0 saturated heterocycles. The molecule has 2 N–H and O–H groups in total. The minimum atomic E-state index is -1.57. The molecule has 0 aliphatic carbocycles. The quantitative estimate of drug-likeness (QED) is 0.605. The lowest BCUT2D eigenvalue weighted by Gasteiger charge is -2.06. The van der Waals surface area contributed by atoms with Crippen LogP contribution in [0, 0.1) is 17.5 Å². The van der Waals surface area contributed by atoms with Gasteiger partial charge < -0.3 is 10.6 Å². The summed E-state index contributed by atoms with van der Waals surface area (Å²) in [5.41, 5.74) is -0.234. The molecule has 0 radical (unpaired) electrons. The molecule has 0 aliphatic heterocycles. The summed E-state index contributed by atoms with van der Waals surface area (Å²) < 4.78 is 38.4. The summed E-state index contributed by atoms with van der Waals surface area (Å²) in [5.74, 6) is -4.95. The molecule has 0 aliphatic rings. The van der Waals surface area contributed by atoms with Crippen LogP contribution >= 0.6 is 0 Å². The Hall–Kier alpha value is -1.56. The number of amides is 1. The highest BCUT2D eigenvalue weighted by molar-refractivity contribution is 5.94. The third-order valence-electron chi connectivity index (χ3n) is 2.26. The molecule has 0 atom stereocenters. The Morgan fingerprint density at radius 2 is 1.72 bits per heavy atom. The molecule has 18 heavy (non-hydrogen) atoms. The van der Waals surface area contributed by atoms with E-state index in [2.05, 4.69) is 10.6 Å². The minimum Gasteiger partial charge on any atom is -0.351 e. The maximum Gasteiger partial charge on any atom is 0.251 e. The van der Waals surface area contributed by atoms with E-state index in [-0.39, 0.29) is 5.56 Å². The van der Waals surface area contributed by atoms with E-state index in [0.717, 1.165) is 13.0 Å². The zero-order valence-corrected chi connectivity index (χ0v) is 10.0. The van der Waals surface area contributed by atoms with Crippen LogP contribution in [0.3, 0.4) is 0 Å². The average Bonchev–Trinajstić information content (AvgIpc) is 2.34. The van der Waals surface area contributed by atoms with Gasteiger partial charge in [-0.05, 0) is 25.1 Å². The molecule has 0 unspecified atom stereocenters. The van der Waals surface area contributed by atoms with Crippen LogP contribution in [0.5, 0.6) is 0 Å². The highest BCUT2D eigenvalue weighted by Gasteiger charge is 2.14. The molecule has 1 amide bonds. The predicted octanol–water partition coefficient (Wildman–Crippen LogP) is 1.83. The first-order chi connectivity index (χ1) is 8.56. The monoisotopic (exact) mass is 260 g/mol. The van der Waals surface area contributed by atoms with Crippen LogP contribution in [0.4, 0.5) is 13.2 Å². The summed E-state index contributed by atoms with van der Waals surface area (Å²) in [6.45, 7) is 3.73. The van der Waals surface area contributed by atoms with Gasteiger partial charge in [-0.2, -0.15) is 0 Å². The largest absolute Gasteiger partial charge is 0.351 e. The zero-order chi connectivity index (χ0) is 13.5. The Labute approximate surface area is 103 Å². The van der Waals surface area contributed by atoms with Crippen molar-refractivity contribution in [3.63, 3.8) is 0 Å². The summed E-state index contributed by atoms with van der Waals surface area (Å²) in [4.78, 5) is 11.5. The number of rotatable bonds is 6. The van der Waals surface area contributed by atoms with Crippen molar-refractivity contribution in [3.8, 4) is 0 Å². The normalized spacial score (nSPS) is 10.4. The van der Waals surface area contributed by atoms with Gasteiger partial charge >= 0.3 is 0 Å². The third kappa shape index (κ3) is 4.03. The second-order valence-corrected chi connectivity index (χ2v) is 3.76. The van der Waals surface area contributed by atoms with Gasteiger partial charge in [0, 0.05) is 18.7 Å². The lowest BCUT2D eigenvalue weighted by atomic mass is 10.2. The molecular formula is C12H15F3N2O. The fourth-order valence-corrected chi connectivity index (χ4v) is 1.35. The van der Waals surface area contributed by atoms with Gasteiger partial charge in [-0.3, -0.25) is 4.79 Å². The summed E-state index contributed by atoms with van der Waals surface area (Å²) in [6.07, 6.45) is 0.975. The number of benzene rings is 1. The van der Waals surface area contributed by atoms with E-state index in [9.17, 15) is 18.0 Å². The van der Waals surface area contributed by atoms with E-state index in [1.807, 2.05) is 6.92 Å². The summed E-state index contributed by atoms with van der Waals surface area (Å²) in [7, 11) is 0. The lowest BCUT2D eigenvalue weighted by Crippen LogP contribution is -2.32. The molecule has 0 bridgehead atoms. The van der Waals surface area contributed by atoms with Gasteiger partial charge in [0.1, 0.15) is 0 Å². The first-order valence-electron chi connectivity index (χ1n) is 5.69. The number of hydrogen-bond acceptors (Lipinski definition) is 2. The molecule has 1 rings (SSSR count). The van der Waals surface area contributed by atoms with Gasteiger partial charge in [-0.15, -0.1) is 0 Å². The molecule has 1 aromatic rings. The zero-order valence-electron chi connectivity index (χ0n) is 10.0. The van der Waals surface area contributed by atoms with Gasteiger partial charge in [0.05, 0.1) is 0 Å². The molecule has 0 spiro atoms. The molecule has 100 valence electrons. The average molecular weight is 260 g/mol. The number of nitrogens with one attached hydrogen (secondary N) is 2. The van der Waals surface area contributed by atoms with Crippen LogP contribution in [-0.2, 0) is 0 Å². The fraction of sp³-hybridized carbons (Fsp3) is 0.417. The van der Waals surface area contributed by atoms with Gasteiger partial charge in [0.25, 0.3) is 5.91 Å². The van der Waals surface area contributed by atoms with Crippen molar-refractivity contribution in [2.24, 2.45) is 0 Å². The lowest BCUT2D eigenvalue weighted by molar-refractivity contribution is 0.0953. The van der Waals surface area contributed by atoms with Crippen LogP contribution < -0.4 is 10.6 Å². The second-order valence-electron chi connectivity index (χ2n) is 3.76. The Kier molecular flexibility index (Phi) is 5.64. The van der Waals surface area contributed by atoms with Crippen LogP contribution in [0.2, 0.25) is 0 Å². The van der Waals surface area contributed by atoms with E-state index in [1.165, 1.54) is 0 Å². The van der Waals surface area contributed by atoms with Crippen molar-refractivity contribution in [2.75, 3.05) is 19.6 Å². The Morgan fingerprint density at radius 3 is 2.28 bits per heavy atom. The Balaban J connectivity index is 2.52. The van der Waals surface area contributed by atoms with E-state index in [1.54, 1.807) is 0 Å². The van der Waals surface area contributed by atoms with E-state index in [4.69, 9.17) is 0 Å². The van der Waals surface area contributed by atoms with Crippen molar-refractivity contribution >= 4 is 5.91 Å². The third-order valence-corrected chi connectivity index (χ3v) is 2.26. The van der Waals surface area contributed by atoms with Crippen molar-refractivity contribution in [3.05, 3.63) is 35.1 Å². The first kappa shape index (κ1) is 14.5. The maximum atomic E-state index is 12.9. The van der Waals surface area contributed by atoms with E-state index < -0.39 is 23.4 Å². The topological polar surface area (TPSA) is 41.1 Å². The number of halogens is 3. The molecular weight excluding hydrogens is 245 g/mol. The highest BCUT2D eigenvalue weighted by Crippen LogP contribution is 2.13. The predicted molar refractivity (Wildman–Crippen MR) is 61.8 cm³/mol. The summed E-state index contributed by atoms with van der Waals surface area (Å²) >= 11 is 0. The molecule has 6 heteroatoms. The smallest absolute Gasteiger partial charge is 0.251 e. The SMILES string of the molecule is CCCNCCNC(=O)c1cc(F)c(F)c(F)c1. The van der Waals surface area contributed by atoms with Crippen molar-refractivity contribution in [1.82, 2.24) is 10.6 Å². The Bertz CT molecular complexity index is 401. The second kappa shape index (κ2) is 7.00. The minimum absolute atomic E-state index is 0.234. The van der Waals surface area contributed by atoms with Crippen molar-refractivity contribution in [1.29, 1.82) is 0 Å². The summed E-state index contributed by atoms with van der Waals surface area (Å²) in [5, 5.41) is 5.53. The van der Waals surface area contributed by atoms with Gasteiger partial charge in [-0.25, -0.2) is 13.2 Å². The summed E-state index contributed by atoms with van der Waals surface area (Å²) in [6, 6.07) is 1.35. The molecule has 1 aromatic carbocycles. The van der Waals surface area contributed by atoms with Gasteiger partial charge in [0.15, 0.2) is 17.5 Å². The molecule has 0 saturated carbocycles. The van der Waals surface area contributed by atoms with E-state index in [0.29, 0.717) is 25.2 Å². The van der Waals surface area contributed by atoms with Crippen LogP contribution in [0.15, 0.2) is 12.1 Å². The van der Waals surface area contributed by atoms with Crippen molar-refractivity contribution < 1.29 is 18.0 Å². The maximum absolute atomic E-state index is 12.9. The number of carbonyl (C=O) groups excluding carboxylic acids is 1. The fourth-order valence-electron chi connectivity index (χ4n) is 1.35. The van der Waals surface area contributed by atoms with Gasteiger partial charge in [-0.1, -0.05) is 6.92 Å². The molecule has 0 heterocycles. The molecule has 3 nitrogen and oxygen atoms in total. The van der Waals surface area contributed by atoms with Crippen LogP contribution in [0.1, 0.15) is 23.7 Å². The van der Waals surface area contributed by atoms with Crippen LogP contribution in [0.25, 0.3) is 0 Å².